The first-order valence-corrected chi connectivity index (χ1v) is 6.86. The molecule has 0 unspecified atom stereocenters. The van der Waals surface area contributed by atoms with Crippen molar-refractivity contribution < 1.29 is 9.53 Å². The van der Waals surface area contributed by atoms with Crippen molar-refractivity contribution in [3.63, 3.8) is 0 Å². The average molecular weight is 287 g/mol. The molecule has 98 valence electrons. The van der Waals surface area contributed by atoms with Gasteiger partial charge in [-0.25, -0.2) is 0 Å². The smallest absolute Gasteiger partial charge is 0.169 e. The van der Waals surface area contributed by atoms with Gasteiger partial charge in [-0.15, -0.1) is 0 Å². The maximum Gasteiger partial charge on any atom is 0.169 e. The van der Waals surface area contributed by atoms with Gasteiger partial charge >= 0.3 is 0 Å². The molecule has 0 radical (unpaired) electrons. The van der Waals surface area contributed by atoms with Gasteiger partial charge < -0.3 is 4.74 Å². The Morgan fingerprint density at radius 1 is 1.33 bits per heavy atom. The molecule has 1 aromatic rings. The number of ketones is 1. The molecule has 1 saturated carbocycles. The number of hydrogen-bond acceptors (Lipinski definition) is 2. The van der Waals surface area contributed by atoms with E-state index in [1.165, 1.54) is 0 Å². The maximum atomic E-state index is 12.4. The first-order chi connectivity index (χ1) is 8.59. The first kappa shape index (κ1) is 13.9. The Hall–Kier alpha value is -0.570. The Kier molecular flexibility index (Phi) is 4.31. The van der Waals surface area contributed by atoms with E-state index in [9.17, 15) is 4.79 Å². The van der Waals surface area contributed by atoms with Crippen LogP contribution in [-0.4, -0.2) is 18.5 Å². The van der Waals surface area contributed by atoms with Crippen molar-refractivity contribution >= 4 is 29.0 Å². The van der Waals surface area contributed by atoms with Crippen molar-refractivity contribution in [3.8, 4) is 0 Å². The molecule has 0 heterocycles. The lowest BCUT2D eigenvalue weighted by Gasteiger charge is -2.25. The fraction of sp³-hybridized carbons (Fsp3) is 0.500. The normalized spacial score (nSPS) is 17.9. The van der Waals surface area contributed by atoms with Crippen molar-refractivity contribution in [3.05, 3.63) is 33.8 Å². The van der Waals surface area contributed by atoms with Crippen LogP contribution in [0.5, 0.6) is 0 Å². The van der Waals surface area contributed by atoms with Crippen LogP contribution in [0, 0.1) is 0 Å². The van der Waals surface area contributed by atoms with Crippen LogP contribution in [0.4, 0.5) is 0 Å². The van der Waals surface area contributed by atoms with Crippen molar-refractivity contribution in [2.24, 2.45) is 0 Å². The molecular weight excluding hydrogens is 271 g/mol. The lowest BCUT2D eigenvalue weighted by atomic mass is 9.91. The van der Waals surface area contributed by atoms with Gasteiger partial charge in [0.2, 0.25) is 0 Å². The average Bonchev–Trinajstić information content (AvgIpc) is 2.85. The lowest BCUT2D eigenvalue weighted by molar-refractivity contribution is -0.139. The minimum Gasteiger partial charge on any atom is -0.370 e. The van der Waals surface area contributed by atoms with Gasteiger partial charge in [0.05, 0.1) is 10.0 Å². The Labute approximate surface area is 117 Å². The van der Waals surface area contributed by atoms with E-state index in [4.69, 9.17) is 27.9 Å². The van der Waals surface area contributed by atoms with Crippen LogP contribution in [0.3, 0.4) is 0 Å². The molecule has 0 amide bonds. The van der Waals surface area contributed by atoms with Gasteiger partial charge in [-0.1, -0.05) is 35.3 Å². The molecule has 0 aromatic heterocycles. The number of ether oxygens (including phenoxy) is 1. The summed E-state index contributed by atoms with van der Waals surface area (Å²) in [6.07, 6.45) is 3.99. The van der Waals surface area contributed by atoms with Gasteiger partial charge in [-0.2, -0.15) is 0 Å². The summed E-state index contributed by atoms with van der Waals surface area (Å²) in [5, 5.41) is 0.955. The zero-order valence-electron chi connectivity index (χ0n) is 10.3. The lowest BCUT2D eigenvalue weighted by Crippen LogP contribution is -2.38. The van der Waals surface area contributed by atoms with Crippen LogP contribution in [0.1, 0.15) is 31.2 Å². The summed E-state index contributed by atoms with van der Waals surface area (Å²) in [6, 6.07) is 5.37. The second kappa shape index (κ2) is 5.60. The summed E-state index contributed by atoms with van der Waals surface area (Å²) in [5.74, 6) is 0.103. The molecule has 2 nitrogen and oxygen atoms in total. The van der Waals surface area contributed by atoms with Crippen LogP contribution >= 0.6 is 23.2 Å². The molecule has 0 saturated heterocycles. The monoisotopic (exact) mass is 286 g/mol. The summed E-state index contributed by atoms with van der Waals surface area (Å²) < 4.78 is 5.48. The molecule has 1 fully saturated rings. The molecule has 0 bridgehead atoms. The summed E-state index contributed by atoms with van der Waals surface area (Å²) in [4.78, 5) is 12.4. The molecule has 0 aliphatic heterocycles. The molecule has 0 N–H and O–H groups in total. The van der Waals surface area contributed by atoms with E-state index in [-0.39, 0.29) is 12.2 Å². The molecule has 18 heavy (non-hydrogen) atoms. The summed E-state index contributed by atoms with van der Waals surface area (Å²) in [7, 11) is 1.61. The zero-order valence-corrected chi connectivity index (χ0v) is 11.9. The second-order valence-electron chi connectivity index (χ2n) is 4.72. The quantitative estimate of drug-likeness (QED) is 0.834. The Morgan fingerprint density at radius 2 is 2.00 bits per heavy atom. The number of carbonyl (C=O) groups is 1. The number of halogens is 2. The van der Waals surface area contributed by atoms with Crippen molar-refractivity contribution in [2.75, 3.05) is 7.11 Å². The predicted octanol–water partition coefficient (Wildman–Crippen LogP) is 4.06. The fourth-order valence-corrected chi connectivity index (χ4v) is 2.95. The Bertz CT molecular complexity index is 451. The SMILES string of the molecule is COC1(C(=O)Cc2cccc(Cl)c2Cl)CCCC1. The van der Waals surface area contributed by atoms with Gasteiger partial charge in [0.15, 0.2) is 5.78 Å². The Balaban J connectivity index is 2.18. The summed E-state index contributed by atoms with van der Waals surface area (Å²) >= 11 is 12.1. The molecule has 0 atom stereocenters. The van der Waals surface area contributed by atoms with Gasteiger partial charge in [0.25, 0.3) is 0 Å². The first-order valence-electron chi connectivity index (χ1n) is 6.10. The van der Waals surface area contributed by atoms with Crippen molar-refractivity contribution in [1.82, 2.24) is 0 Å². The molecule has 0 spiro atoms. The molecule has 1 aromatic carbocycles. The highest BCUT2D eigenvalue weighted by atomic mass is 35.5. The third kappa shape index (κ3) is 2.56. The van der Waals surface area contributed by atoms with E-state index in [1.54, 1.807) is 13.2 Å². The topological polar surface area (TPSA) is 26.3 Å². The van der Waals surface area contributed by atoms with Gasteiger partial charge in [0.1, 0.15) is 5.60 Å². The maximum absolute atomic E-state index is 12.4. The van der Waals surface area contributed by atoms with Crippen molar-refractivity contribution in [2.45, 2.75) is 37.7 Å². The molecule has 1 aliphatic rings. The largest absolute Gasteiger partial charge is 0.370 e. The van der Waals surface area contributed by atoms with E-state index < -0.39 is 5.60 Å². The number of rotatable bonds is 4. The number of Topliss-reactive ketones (excluding diaryl/α,β-unsaturated/α-hetero) is 1. The molecular formula is C14H16Cl2O2. The third-order valence-electron chi connectivity index (χ3n) is 3.69. The highest BCUT2D eigenvalue weighted by Gasteiger charge is 2.40. The number of hydrogen-bond donors (Lipinski definition) is 0. The number of benzene rings is 1. The predicted molar refractivity (Wildman–Crippen MR) is 73.4 cm³/mol. The van der Waals surface area contributed by atoms with E-state index in [0.29, 0.717) is 10.0 Å². The van der Waals surface area contributed by atoms with Crippen molar-refractivity contribution in [1.29, 1.82) is 0 Å². The highest BCUT2D eigenvalue weighted by molar-refractivity contribution is 6.42. The number of methoxy groups -OCH3 is 1. The third-order valence-corrected chi connectivity index (χ3v) is 4.55. The van der Waals surface area contributed by atoms with E-state index in [2.05, 4.69) is 0 Å². The van der Waals surface area contributed by atoms with Crippen LogP contribution in [0.25, 0.3) is 0 Å². The minimum atomic E-state index is -0.606. The minimum absolute atomic E-state index is 0.103. The second-order valence-corrected chi connectivity index (χ2v) is 5.50. The molecule has 2 rings (SSSR count). The van der Waals surface area contributed by atoms with Crippen LogP contribution < -0.4 is 0 Å². The fourth-order valence-electron chi connectivity index (χ4n) is 2.56. The van der Waals surface area contributed by atoms with Crippen LogP contribution in [0.15, 0.2) is 18.2 Å². The van der Waals surface area contributed by atoms with Gasteiger partial charge in [-0.3, -0.25) is 4.79 Å². The summed E-state index contributed by atoms with van der Waals surface area (Å²) in [5.41, 5.74) is 0.170. The highest BCUT2D eigenvalue weighted by Crippen LogP contribution is 2.35. The zero-order chi connectivity index (χ0) is 13.2. The molecule has 1 aliphatic carbocycles. The van der Waals surface area contributed by atoms with Crippen LogP contribution in [-0.2, 0) is 16.0 Å². The summed E-state index contributed by atoms with van der Waals surface area (Å²) in [6.45, 7) is 0. The van der Waals surface area contributed by atoms with Crippen LogP contribution in [0.2, 0.25) is 10.0 Å². The van der Waals surface area contributed by atoms with Gasteiger partial charge in [0, 0.05) is 13.5 Å². The Morgan fingerprint density at radius 3 is 2.61 bits per heavy atom. The molecule has 4 heteroatoms. The van der Waals surface area contributed by atoms with Gasteiger partial charge in [-0.05, 0) is 37.3 Å². The van der Waals surface area contributed by atoms with E-state index in [0.717, 1.165) is 31.2 Å². The number of carbonyl (C=O) groups excluding carboxylic acids is 1. The standard InChI is InChI=1S/C14H16Cl2O2/c1-18-14(7-2-3-8-14)12(17)9-10-5-4-6-11(15)13(10)16/h4-6H,2-3,7-9H2,1H3. The van der Waals surface area contributed by atoms with E-state index in [1.807, 2.05) is 12.1 Å². The van der Waals surface area contributed by atoms with E-state index >= 15 is 0 Å².